The largest absolute Gasteiger partial charge is 0.506 e. The second kappa shape index (κ2) is 7.60. The molecular weight excluding hydrogens is 250 g/mol. The molecule has 0 amide bonds. The first-order valence-corrected chi connectivity index (χ1v) is 7.80. The van der Waals surface area contributed by atoms with Crippen molar-refractivity contribution in [2.45, 2.75) is 52.1 Å². The minimum absolute atomic E-state index is 0.313. The van der Waals surface area contributed by atoms with Gasteiger partial charge in [-0.1, -0.05) is 13.3 Å². The first kappa shape index (κ1) is 15.3. The summed E-state index contributed by atoms with van der Waals surface area (Å²) in [6.07, 6.45) is 5.00. The summed E-state index contributed by atoms with van der Waals surface area (Å²) in [6, 6.07) is 4.19. The molecule has 1 fully saturated rings. The molecule has 1 atom stereocenters. The second-order valence-corrected chi connectivity index (χ2v) is 5.80. The van der Waals surface area contributed by atoms with E-state index in [-0.39, 0.29) is 0 Å². The van der Waals surface area contributed by atoms with Crippen molar-refractivity contribution in [3.63, 3.8) is 0 Å². The van der Waals surface area contributed by atoms with Crippen LogP contribution in [0.25, 0.3) is 0 Å². The number of hydrogen-bond acceptors (Lipinski definition) is 4. The summed E-state index contributed by atoms with van der Waals surface area (Å²) < 4.78 is 0. The van der Waals surface area contributed by atoms with E-state index in [4.69, 9.17) is 0 Å². The lowest BCUT2D eigenvalue weighted by Crippen LogP contribution is -2.43. The zero-order valence-corrected chi connectivity index (χ0v) is 12.7. The number of pyridine rings is 1. The minimum atomic E-state index is 0.313. The van der Waals surface area contributed by atoms with Crippen molar-refractivity contribution < 1.29 is 5.11 Å². The maximum absolute atomic E-state index is 9.95. The fourth-order valence-electron chi connectivity index (χ4n) is 2.87. The predicted octanol–water partition coefficient (Wildman–Crippen LogP) is 2.45. The monoisotopic (exact) mass is 277 g/mol. The van der Waals surface area contributed by atoms with E-state index in [0.29, 0.717) is 11.8 Å². The van der Waals surface area contributed by atoms with Crippen LogP contribution in [0.15, 0.2) is 12.1 Å². The summed E-state index contributed by atoms with van der Waals surface area (Å²) in [5.74, 6) is 0.313. The molecule has 0 spiro atoms. The lowest BCUT2D eigenvalue weighted by molar-refractivity contribution is 0.213. The molecule has 0 aromatic carbocycles. The molecular formula is C16H27N3O. The first-order valence-electron chi connectivity index (χ1n) is 7.80. The van der Waals surface area contributed by atoms with Crippen molar-refractivity contribution in [3.05, 3.63) is 23.5 Å². The standard InChI is InChI=1S/C16H27N3O/c1-3-10-19(11-14-6-4-5-9-17-14)12-15-16(20)8-7-13(2)18-15/h7-8,14,17,20H,3-6,9-12H2,1-2H3. The van der Waals surface area contributed by atoms with Crippen LogP contribution in [0.1, 0.15) is 44.0 Å². The quantitative estimate of drug-likeness (QED) is 0.838. The Labute approximate surface area is 122 Å². The number of hydrogen-bond donors (Lipinski definition) is 2. The molecule has 0 radical (unpaired) electrons. The average molecular weight is 277 g/mol. The number of piperidine rings is 1. The van der Waals surface area contributed by atoms with Crippen LogP contribution in [-0.2, 0) is 6.54 Å². The molecule has 4 nitrogen and oxygen atoms in total. The van der Waals surface area contributed by atoms with Gasteiger partial charge in [-0.2, -0.15) is 0 Å². The van der Waals surface area contributed by atoms with Gasteiger partial charge in [-0.3, -0.25) is 9.88 Å². The van der Waals surface area contributed by atoms with Gasteiger partial charge in [-0.15, -0.1) is 0 Å². The van der Waals surface area contributed by atoms with Crippen molar-refractivity contribution in [3.8, 4) is 5.75 Å². The highest BCUT2D eigenvalue weighted by Crippen LogP contribution is 2.18. The molecule has 1 aliphatic heterocycles. The van der Waals surface area contributed by atoms with Crippen molar-refractivity contribution >= 4 is 0 Å². The summed E-state index contributed by atoms with van der Waals surface area (Å²) in [7, 11) is 0. The molecule has 0 bridgehead atoms. The highest BCUT2D eigenvalue weighted by molar-refractivity contribution is 5.27. The highest BCUT2D eigenvalue weighted by Gasteiger charge is 2.17. The van der Waals surface area contributed by atoms with Crippen molar-refractivity contribution in [1.82, 2.24) is 15.2 Å². The number of rotatable bonds is 6. The Balaban J connectivity index is 1.98. The van der Waals surface area contributed by atoms with E-state index in [2.05, 4.69) is 22.1 Å². The Kier molecular flexibility index (Phi) is 5.80. The Morgan fingerprint density at radius 3 is 2.95 bits per heavy atom. The number of aryl methyl sites for hydroxylation is 1. The molecule has 1 unspecified atom stereocenters. The molecule has 1 aliphatic rings. The molecule has 1 aromatic rings. The molecule has 4 heteroatoms. The van der Waals surface area contributed by atoms with E-state index in [1.807, 2.05) is 13.0 Å². The van der Waals surface area contributed by atoms with E-state index < -0.39 is 0 Å². The van der Waals surface area contributed by atoms with Crippen molar-refractivity contribution in [1.29, 1.82) is 0 Å². The first-order chi connectivity index (χ1) is 9.69. The van der Waals surface area contributed by atoms with E-state index in [1.54, 1.807) is 6.07 Å². The van der Waals surface area contributed by atoms with Crippen LogP contribution in [0, 0.1) is 6.92 Å². The van der Waals surface area contributed by atoms with Crippen LogP contribution >= 0.6 is 0 Å². The maximum atomic E-state index is 9.95. The van der Waals surface area contributed by atoms with Crippen LogP contribution in [-0.4, -0.2) is 40.7 Å². The van der Waals surface area contributed by atoms with Crippen LogP contribution in [0.2, 0.25) is 0 Å². The van der Waals surface area contributed by atoms with Gasteiger partial charge in [-0.25, -0.2) is 0 Å². The maximum Gasteiger partial charge on any atom is 0.138 e. The van der Waals surface area contributed by atoms with Crippen LogP contribution < -0.4 is 5.32 Å². The topological polar surface area (TPSA) is 48.4 Å². The van der Waals surface area contributed by atoms with E-state index in [9.17, 15) is 5.11 Å². The number of nitrogens with zero attached hydrogens (tertiary/aromatic N) is 2. The van der Waals surface area contributed by atoms with Gasteiger partial charge in [0.05, 0.1) is 5.69 Å². The number of nitrogens with one attached hydrogen (secondary N) is 1. The lowest BCUT2D eigenvalue weighted by Gasteiger charge is -2.30. The molecule has 112 valence electrons. The third-order valence-corrected chi connectivity index (χ3v) is 3.89. The molecule has 2 N–H and O–H groups in total. The summed E-state index contributed by atoms with van der Waals surface area (Å²) in [5, 5.41) is 13.5. The normalized spacial score (nSPS) is 19.4. The Hall–Kier alpha value is -1.13. The van der Waals surface area contributed by atoms with Crippen molar-refractivity contribution in [2.75, 3.05) is 19.6 Å². The smallest absolute Gasteiger partial charge is 0.138 e. The number of aromatic hydroxyl groups is 1. The summed E-state index contributed by atoms with van der Waals surface area (Å²) in [5.41, 5.74) is 1.76. The van der Waals surface area contributed by atoms with E-state index >= 15 is 0 Å². The fraction of sp³-hybridized carbons (Fsp3) is 0.688. The van der Waals surface area contributed by atoms with Gasteiger partial charge in [0.25, 0.3) is 0 Å². The summed E-state index contributed by atoms with van der Waals surface area (Å²) >= 11 is 0. The van der Waals surface area contributed by atoms with Crippen LogP contribution in [0.4, 0.5) is 0 Å². The van der Waals surface area contributed by atoms with E-state index in [0.717, 1.165) is 44.0 Å². The van der Waals surface area contributed by atoms with Crippen molar-refractivity contribution in [2.24, 2.45) is 0 Å². The molecule has 1 aromatic heterocycles. The molecule has 2 heterocycles. The average Bonchev–Trinajstić information content (AvgIpc) is 2.44. The Morgan fingerprint density at radius 2 is 2.25 bits per heavy atom. The lowest BCUT2D eigenvalue weighted by atomic mass is 10.0. The molecule has 0 aliphatic carbocycles. The zero-order chi connectivity index (χ0) is 14.4. The Morgan fingerprint density at radius 1 is 1.40 bits per heavy atom. The highest BCUT2D eigenvalue weighted by atomic mass is 16.3. The van der Waals surface area contributed by atoms with Gasteiger partial charge in [0.2, 0.25) is 0 Å². The fourth-order valence-corrected chi connectivity index (χ4v) is 2.87. The Bertz CT molecular complexity index is 416. The van der Waals surface area contributed by atoms with Crippen LogP contribution in [0.5, 0.6) is 5.75 Å². The van der Waals surface area contributed by atoms with Gasteiger partial charge >= 0.3 is 0 Å². The number of aromatic nitrogens is 1. The second-order valence-electron chi connectivity index (χ2n) is 5.80. The summed E-state index contributed by atoms with van der Waals surface area (Å²) in [4.78, 5) is 6.88. The third-order valence-electron chi connectivity index (χ3n) is 3.89. The molecule has 2 rings (SSSR count). The molecule has 0 saturated carbocycles. The SMILES string of the molecule is CCCN(Cc1nc(C)ccc1O)CC1CCCCN1. The van der Waals surface area contributed by atoms with E-state index in [1.165, 1.54) is 19.3 Å². The van der Waals surface area contributed by atoms with Gasteiger partial charge in [0.15, 0.2) is 0 Å². The summed E-state index contributed by atoms with van der Waals surface area (Å²) in [6.45, 7) is 8.13. The van der Waals surface area contributed by atoms with Gasteiger partial charge in [-0.05, 0) is 51.4 Å². The predicted molar refractivity (Wildman–Crippen MR) is 81.8 cm³/mol. The molecule has 1 saturated heterocycles. The minimum Gasteiger partial charge on any atom is -0.506 e. The van der Waals surface area contributed by atoms with Gasteiger partial charge in [0.1, 0.15) is 5.75 Å². The van der Waals surface area contributed by atoms with Crippen LogP contribution in [0.3, 0.4) is 0 Å². The van der Waals surface area contributed by atoms with Gasteiger partial charge < -0.3 is 10.4 Å². The molecule has 20 heavy (non-hydrogen) atoms. The van der Waals surface area contributed by atoms with Gasteiger partial charge in [0, 0.05) is 24.8 Å². The third kappa shape index (κ3) is 4.46. The zero-order valence-electron chi connectivity index (χ0n) is 12.7.